The first-order chi connectivity index (χ1) is 10.8. The molecule has 1 aliphatic rings. The van der Waals surface area contributed by atoms with Crippen molar-refractivity contribution in [1.82, 2.24) is 5.32 Å². The van der Waals surface area contributed by atoms with E-state index in [-0.39, 0.29) is 9.09 Å². The van der Waals surface area contributed by atoms with Crippen LogP contribution in [0.2, 0.25) is 0 Å². The molecule has 1 fully saturated rings. The molecule has 23 heavy (non-hydrogen) atoms. The maximum Gasteiger partial charge on any atom is 0.308 e. The minimum atomic E-state index is -3.34. The van der Waals surface area contributed by atoms with Gasteiger partial charge in [-0.2, -0.15) is 0 Å². The molecule has 1 aromatic rings. The number of carboxylic acids is 1. The Hall–Kier alpha value is -1.41. The number of carboxylic acid groups (broad SMARTS) is 1. The molecule has 1 saturated carbocycles. The highest BCUT2D eigenvalue weighted by Crippen LogP contribution is 2.25. The average Bonchev–Trinajstić information content (AvgIpc) is 2.91. The van der Waals surface area contributed by atoms with Crippen LogP contribution in [-0.4, -0.2) is 37.7 Å². The lowest BCUT2D eigenvalue weighted by Crippen LogP contribution is -2.43. The van der Waals surface area contributed by atoms with Crippen molar-refractivity contribution < 1.29 is 23.1 Å². The number of carbonyl (C=O) groups is 2. The van der Waals surface area contributed by atoms with Crippen LogP contribution in [0.3, 0.4) is 0 Å². The van der Waals surface area contributed by atoms with Crippen LogP contribution in [0, 0.1) is 5.92 Å². The summed E-state index contributed by atoms with van der Waals surface area (Å²) in [6, 6.07) is 2.46. The fourth-order valence-electron chi connectivity index (χ4n) is 2.83. The maximum absolute atomic E-state index is 12.3. The quantitative estimate of drug-likeness (QED) is 0.859. The summed E-state index contributed by atoms with van der Waals surface area (Å²) in [6.07, 6.45) is 6.07. The van der Waals surface area contributed by atoms with Crippen molar-refractivity contribution in [1.29, 1.82) is 0 Å². The zero-order chi connectivity index (χ0) is 17.0. The molecule has 2 atom stereocenters. The number of thiophene rings is 1. The van der Waals surface area contributed by atoms with Gasteiger partial charge in [0.05, 0.1) is 10.8 Å². The van der Waals surface area contributed by atoms with Gasteiger partial charge >= 0.3 is 5.97 Å². The van der Waals surface area contributed by atoms with Crippen molar-refractivity contribution in [2.24, 2.45) is 5.92 Å². The van der Waals surface area contributed by atoms with E-state index in [2.05, 4.69) is 5.32 Å². The topological polar surface area (TPSA) is 101 Å². The van der Waals surface area contributed by atoms with Gasteiger partial charge in [0, 0.05) is 12.3 Å². The highest BCUT2D eigenvalue weighted by atomic mass is 32.2. The first kappa shape index (κ1) is 17.9. The smallest absolute Gasteiger partial charge is 0.308 e. The van der Waals surface area contributed by atoms with Gasteiger partial charge in [-0.3, -0.25) is 9.59 Å². The largest absolute Gasteiger partial charge is 0.481 e. The van der Waals surface area contributed by atoms with Crippen LogP contribution < -0.4 is 5.32 Å². The molecule has 1 aromatic heterocycles. The molecule has 0 radical (unpaired) electrons. The van der Waals surface area contributed by atoms with E-state index in [1.165, 1.54) is 12.1 Å². The summed E-state index contributed by atoms with van der Waals surface area (Å²) in [5.41, 5.74) is 0. The Balaban J connectivity index is 2.12. The van der Waals surface area contributed by atoms with Crippen LogP contribution in [-0.2, 0) is 14.6 Å². The molecule has 128 valence electrons. The second kappa shape index (κ2) is 7.44. The van der Waals surface area contributed by atoms with Crippen molar-refractivity contribution >= 4 is 33.1 Å². The molecule has 0 spiro atoms. The summed E-state index contributed by atoms with van der Waals surface area (Å²) in [5.74, 6) is -1.88. The van der Waals surface area contributed by atoms with E-state index in [1.807, 2.05) is 0 Å². The van der Waals surface area contributed by atoms with Gasteiger partial charge in [0.15, 0.2) is 9.84 Å². The minimum Gasteiger partial charge on any atom is -0.481 e. The van der Waals surface area contributed by atoms with Crippen LogP contribution in [0.1, 0.15) is 48.2 Å². The molecule has 2 N–H and O–H groups in total. The molecule has 0 bridgehead atoms. The van der Waals surface area contributed by atoms with Crippen LogP contribution in [0.5, 0.6) is 0 Å². The number of aliphatic carboxylic acids is 1. The Bertz CT molecular complexity index is 680. The van der Waals surface area contributed by atoms with Gasteiger partial charge in [-0.1, -0.05) is 25.7 Å². The monoisotopic (exact) mass is 359 g/mol. The third-order valence-electron chi connectivity index (χ3n) is 4.07. The van der Waals surface area contributed by atoms with Crippen LogP contribution in [0.25, 0.3) is 0 Å². The number of nitrogens with one attached hydrogen (secondary N) is 1. The number of amides is 1. The second-order valence-corrected chi connectivity index (χ2v) is 9.23. The molecule has 0 aliphatic heterocycles. The van der Waals surface area contributed by atoms with E-state index in [1.54, 1.807) is 0 Å². The number of hydrogen-bond acceptors (Lipinski definition) is 5. The Kier molecular flexibility index (Phi) is 5.80. The third-order valence-corrected chi connectivity index (χ3v) is 6.97. The minimum absolute atomic E-state index is 0.134. The predicted molar refractivity (Wildman–Crippen MR) is 87.5 cm³/mol. The van der Waals surface area contributed by atoms with Gasteiger partial charge in [0.1, 0.15) is 4.21 Å². The van der Waals surface area contributed by atoms with Crippen molar-refractivity contribution in [3.05, 3.63) is 17.0 Å². The van der Waals surface area contributed by atoms with Crippen molar-refractivity contribution in [2.75, 3.05) is 6.26 Å². The summed E-state index contributed by atoms with van der Waals surface area (Å²) in [6.45, 7) is 0. The summed E-state index contributed by atoms with van der Waals surface area (Å²) in [7, 11) is -3.34. The first-order valence-corrected chi connectivity index (χ1v) is 10.3. The van der Waals surface area contributed by atoms with Gasteiger partial charge < -0.3 is 10.4 Å². The summed E-state index contributed by atoms with van der Waals surface area (Å²) in [5, 5.41) is 12.2. The molecule has 8 heteroatoms. The van der Waals surface area contributed by atoms with E-state index in [9.17, 15) is 23.1 Å². The SMILES string of the molecule is CS(=O)(=O)c1ccc(C(=O)NC2CCCCCCC2C(=O)O)s1. The Morgan fingerprint density at radius 3 is 2.39 bits per heavy atom. The number of sulfone groups is 1. The van der Waals surface area contributed by atoms with Gasteiger partial charge in [-0.15, -0.1) is 11.3 Å². The normalized spacial score (nSPS) is 22.8. The van der Waals surface area contributed by atoms with E-state index in [0.717, 1.165) is 43.3 Å². The fourth-order valence-corrected chi connectivity index (χ4v) is 4.66. The summed E-state index contributed by atoms with van der Waals surface area (Å²) >= 11 is 0.908. The first-order valence-electron chi connectivity index (χ1n) is 7.62. The standard InChI is InChI=1S/C15H21NO5S2/c1-23(20,21)13-9-8-12(22-13)14(17)16-11-7-5-3-2-4-6-10(11)15(18)19/h8-11H,2-7H2,1H3,(H,16,17)(H,18,19). The Morgan fingerprint density at radius 2 is 1.83 bits per heavy atom. The van der Waals surface area contributed by atoms with Crippen LogP contribution >= 0.6 is 11.3 Å². The average molecular weight is 359 g/mol. The number of rotatable bonds is 4. The molecule has 2 rings (SSSR count). The van der Waals surface area contributed by atoms with Gasteiger partial charge in [0.2, 0.25) is 0 Å². The van der Waals surface area contributed by atoms with Crippen LogP contribution in [0.15, 0.2) is 16.3 Å². The van der Waals surface area contributed by atoms with Crippen molar-refractivity contribution in [2.45, 2.75) is 48.8 Å². The molecule has 2 unspecified atom stereocenters. The van der Waals surface area contributed by atoms with Gasteiger partial charge in [-0.25, -0.2) is 8.42 Å². The lowest BCUT2D eigenvalue weighted by atomic mass is 9.87. The highest BCUT2D eigenvalue weighted by Gasteiger charge is 2.30. The maximum atomic E-state index is 12.3. The molecule has 6 nitrogen and oxygen atoms in total. The lowest BCUT2D eigenvalue weighted by molar-refractivity contribution is -0.143. The molecule has 0 aromatic carbocycles. The predicted octanol–water partition coefficient (Wildman–Crippen LogP) is 2.31. The summed E-state index contributed by atoms with van der Waals surface area (Å²) < 4.78 is 23.1. The number of carbonyl (C=O) groups excluding carboxylic acids is 1. The van der Waals surface area contributed by atoms with E-state index >= 15 is 0 Å². The zero-order valence-electron chi connectivity index (χ0n) is 12.9. The molecule has 1 heterocycles. The van der Waals surface area contributed by atoms with E-state index in [0.29, 0.717) is 12.8 Å². The fraction of sp³-hybridized carbons (Fsp3) is 0.600. The third kappa shape index (κ3) is 4.78. The lowest BCUT2D eigenvalue weighted by Gasteiger charge is -2.27. The molecule has 1 amide bonds. The van der Waals surface area contributed by atoms with E-state index < -0.39 is 33.7 Å². The van der Waals surface area contributed by atoms with Crippen molar-refractivity contribution in [3.8, 4) is 0 Å². The zero-order valence-corrected chi connectivity index (χ0v) is 14.6. The molecule has 1 aliphatic carbocycles. The van der Waals surface area contributed by atoms with Gasteiger partial charge in [0.25, 0.3) is 5.91 Å². The Labute approximate surface area is 139 Å². The van der Waals surface area contributed by atoms with Crippen molar-refractivity contribution in [3.63, 3.8) is 0 Å². The Morgan fingerprint density at radius 1 is 1.17 bits per heavy atom. The highest BCUT2D eigenvalue weighted by molar-refractivity contribution is 7.92. The van der Waals surface area contributed by atoms with E-state index in [4.69, 9.17) is 0 Å². The van der Waals surface area contributed by atoms with Gasteiger partial charge in [-0.05, 0) is 25.0 Å². The molecular formula is C15H21NO5S2. The second-order valence-electron chi connectivity index (χ2n) is 5.91. The molecule has 0 saturated heterocycles. The molecular weight excluding hydrogens is 338 g/mol. The van der Waals surface area contributed by atoms with Crippen LogP contribution in [0.4, 0.5) is 0 Å². The summed E-state index contributed by atoms with van der Waals surface area (Å²) in [4.78, 5) is 24.1. The number of hydrogen-bond donors (Lipinski definition) is 2.